The highest BCUT2D eigenvalue weighted by Gasteiger charge is 2.15. The molecule has 0 aliphatic rings. The Labute approximate surface area is 108 Å². The molecule has 0 radical (unpaired) electrons. The maximum atomic E-state index is 10.0. The summed E-state index contributed by atoms with van der Waals surface area (Å²) >= 11 is 0. The monoisotopic (exact) mass is 247 g/mol. The Hall–Kier alpha value is -1.73. The zero-order chi connectivity index (χ0) is 13.5. The Balaban J connectivity index is 2.66. The quantitative estimate of drug-likeness (QED) is 0.674. The standard InChI is InChI=1S/C14H21N3O/c1-3-10(4-2)14(18)9-17-13-6-5-12(16)7-11(13)8-15/h5-7,10,14,17-18H,3-4,9,16H2,1-2H3. The molecule has 18 heavy (non-hydrogen) atoms. The molecule has 4 N–H and O–H groups in total. The van der Waals surface area contributed by atoms with Gasteiger partial charge in [-0.05, 0) is 24.1 Å². The molecular formula is C14H21N3O. The highest BCUT2D eigenvalue weighted by atomic mass is 16.3. The van der Waals surface area contributed by atoms with Gasteiger partial charge >= 0.3 is 0 Å². The normalized spacial score (nSPS) is 12.2. The number of nitrogens with one attached hydrogen (secondary N) is 1. The molecule has 4 heteroatoms. The third-order valence-corrected chi connectivity index (χ3v) is 3.26. The number of nitriles is 1. The van der Waals surface area contributed by atoms with Crippen molar-refractivity contribution in [1.29, 1.82) is 5.26 Å². The molecule has 0 saturated carbocycles. The van der Waals surface area contributed by atoms with E-state index in [0.717, 1.165) is 18.5 Å². The van der Waals surface area contributed by atoms with Crippen molar-refractivity contribution >= 4 is 11.4 Å². The summed E-state index contributed by atoms with van der Waals surface area (Å²) in [6.45, 7) is 4.59. The second-order valence-electron chi connectivity index (χ2n) is 4.44. The second kappa shape index (κ2) is 6.87. The Morgan fingerprint density at radius 2 is 2.06 bits per heavy atom. The number of benzene rings is 1. The van der Waals surface area contributed by atoms with Crippen LogP contribution in [0.25, 0.3) is 0 Å². The van der Waals surface area contributed by atoms with Gasteiger partial charge < -0.3 is 16.2 Å². The van der Waals surface area contributed by atoms with E-state index in [0.29, 0.717) is 17.8 Å². The lowest BCUT2D eigenvalue weighted by Gasteiger charge is -2.21. The summed E-state index contributed by atoms with van der Waals surface area (Å²) in [5.41, 5.74) is 7.41. The average molecular weight is 247 g/mol. The van der Waals surface area contributed by atoms with Crippen LogP contribution >= 0.6 is 0 Å². The molecular weight excluding hydrogens is 226 g/mol. The third-order valence-electron chi connectivity index (χ3n) is 3.26. The Morgan fingerprint density at radius 3 is 2.61 bits per heavy atom. The van der Waals surface area contributed by atoms with E-state index in [-0.39, 0.29) is 5.92 Å². The van der Waals surface area contributed by atoms with Gasteiger partial charge in [0.15, 0.2) is 0 Å². The fourth-order valence-corrected chi connectivity index (χ4v) is 2.02. The predicted octanol–water partition coefficient (Wildman–Crippen LogP) is 2.35. The average Bonchev–Trinajstić information content (AvgIpc) is 2.38. The van der Waals surface area contributed by atoms with E-state index in [1.54, 1.807) is 18.2 Å². The smallest absolute Gasteiger partial charge is 0.101 e. The number of nitrogens with zero attached hydrogens (tertiary/aromatic N) is 1. The van der Waals surface area contributed by atoms with Crippen LogP contribution in [0.15, 0.2) is 18.2 Å². The molecule has 1 atom stereocenters. The summed E-state index contributed by atoms with van der Waals surface area (Å²) in [4.78, 5) is 0. The molecule has 4 nitrogen and oxygen atoms in total. The Kier molecular flexibility index (Phi) is 5.47. The first-order valence-corrected chi connectivity index (χ1v) is 6.33. The van der Waals surface area contributed by atoms with Crippen molar-refractivity contribution in [3.05, 3.63) is 23.8 Å². The summed E-state index contributed by atoms with van der Waals surface area (Å²) in [6, 6.07) is 7.24. The van der Waals surface area contributed by atoms with Gasteiger partial charge in [0.25, 0.3) is 0 Å². The summed E-state index contributed by atoms with van der Waals surface area (Å²) in [7, 11) is 0. The molecule has 0 aliphatic carbocycles. The zero-order valence-electron chi connectivity index (χ0n) is 11.0. The highest BCUT2D eigenvalue weighted by molar-refractivity contribution is 5.62. The van der Waals surface area contributed by atoms with Crippen LogP contribution in [-0.4, -0.2) is 17.8 Å². The van der Waals surface area contributed by atoms with Crippen LogP contribution in [0, 0.1) is 17.2 Å². The minimum absolute atomic E-state index is 0.289. The number of aliphatic hydroxyl groups excluding tert-OH is 1. The van der Waals surface area contributed by atoms with Gasteiger partial charge in [-0.3, -0.25) is 0 Å². The molecule has 1 unspecified atom stereocenters. The van der Waals surface area contributed by atoms with E-state index in [1.165, 1.54) is 0 Å². The Morgan fingerprint density at radius 1 is 1.39 bits per heavy atom. The maximum Gasteiger partial charge on any atom is 0.101 e. The van der Waals surface area contributed by atoms with E-state index >= 15 is 0 Å². The van der Waals surface area contributed by atoms with Gasteiger partial charge in [-0.2, -0.15) is 5.26 Å². The first kappa shape index (κ1) is 14.3. The molecule has 0 aliphatic heterocycles. The fourth-order valence-electron chi connectivity index (χ4n) is 2.02. The van der Waals surface area contributed by atoms with E-state index in [9.17, 15) is 5.11 Å². The van der Waals surface area contributed by atoms with Gasteiger partial charge in [-0.25, -0.2) is 0 Å². The molecule has 0 amide bonds. The topological polar surface area (TPSA) is 82.1 Å². The second-order valence-corrected chi connectivity index (χ2v) is 4.44. The maximum absolute atomic E-state index is 10.0. The van der Waals surface area contributed by atoms with Crippen LogP contribution in [0.2, 0.25) is 0 Å². The molecule has 0 saturated heterocycles. The van der Waals surface area contributed by atoms with Gasteiger partial charge in [0.05, 0.1) is 17.4 Å². The molecule has 0 spiro atoms. The molecule has 1 aromatic carbocycles. The predicted molar refractivity (Wildman–Crippen MR) is 74.1 cm³/mol. The van der Waals surface area contributed by atoms with Gasteiger partial charge in [0, 0.05) is 12.2 Å². The van der Waals surface area contributed by atoms with Gasteiger partial charge in [-0.15, -0.1) is 0 Å². The summed E-state index contributed by atoms with van der Waals surface area (Å²) in [5.74, 6) is 0.289. The molecule has 0 fully saturated rings. The van der Waals surface area contributed by atoms with Crippen molar-refractivity contribution in [2.75, 3.05) is 17.6 Å². The van der Waals surface area contributed by atoms with E-state index in [2.05, 4.69) is 25.2 Å². The third kappa shape index (κ3) is 3.64. The van der Waals surface area contributed by atoms with E-state index in [1.807, 2.05) is 0 Å². The number of rotatable bonds is 6. The lowest BCUT2D eigenvalue weighted by atomic mass is 9.96. The first-order chi connectivity index (χ1) is 8.62. The van der Waals surface area contributed by atoms with Crippen LogP contribution in [0.5, 0.6) is 0 Å². The Bertz CT molecular complexity index is 422. The van der Waals surface area contributed by atoms with E-state index in [4.69, 9.17) is 11.0 Å². The summed E-state index contributed by atoms with van der Waals surface area (Å²) < 4.78 is 0. The number of anilines is 2. The van der Waals surface area contributed by atoms with Crippen molar-refractivity contribution in [1.82, 2.24) is 0 Å². The van der Waals surface area contributed by atoms with Crippen molar-refractivity contribution in [2.45, 2.75) is 32.8 Å². The zero-order valence-corrected chi connectivity index (χ0v) is 11.0. The van der Waals surface area contributed by atoms with Gasteiger partial charge in [0.2, 0.25) is 0 Å². The van der Waals surface area contributed by atoms with Crippen LogP contribution in [0.1, 0.15) is 32.3 Å². The van der Waals surface area contributed by atoms with Crippen LogP contribution < -0.4 is 11.1 Å². The van der Waals surface area contributed by atoms with Crippen molar-refractivity contribution in [2.24, 2.45) is 5.92 Å². The van der Waals surface area contributed by atoms with Crippen molar-refractivity contribution in [3.8, 4) is 6.07 Å². The van der Waals surface area contributed by atoms with Gasteiger partial charge in [0.1, 0.15) is 6.07 Å². The number of nitrogen functional groups attached to an aromatic ring is 1. The van der Waals surface area contributed by atoms with Crippen LogP contribution in [-0.2, 0) is 0 Å². The first-order valence-electron chi connectivity index (χ1n) is 6.33. The number of hydrogen-bond acceptors (Lipinski definition) is 4. The number of hydrogen-bond donors (Lipinski definition) is 3. The van der Waals surface area contributed by atoms with Crippen LogP contribution in [0.3, 0.4) is 0 Å². The molecule has 0 heterocycles. The minimum atomic E-state index is -0.399. The van der Waals surface area contributed by atoms with Crippen LogP contribution in [0.4, 0.5) is 11.4 Å². The lowest BCUT2D eigenvalue weighted by molar-refractivity contribution is 0.114. The molecule has 1 rings (SSSR count). The number of nitrogens with two attached hydrogens (primary N) is 1. The fraction of sp³-hybridized carbons (Fsp3) is 0.500. The summed E-state index contributed by atoms with van der Waals surface area (Å²) in [6.07, 6.45) is 1.50. The lowest BCUT2D eigenvalue weighted by Crippen LogP contribution is -2.27. The molecule has 0 aromatic heterocycles. The highest BCUT2D eigenvalue weighted by Crippen LogP contribution is 2.19. The largest absolute Gasteiger partial charge is 0.399 e. The van der Waals surface area contributed by atoms with Gasteiger partial charge in [-0.1, -0.05) is 26.7 Å². The van der Waals surface area contributed by atoms with Crippen molar-refractivity contribution in [3.63, 3.8) is 0 Å². The SMILES string of the molecule is CCC(CC)C(O)CNc1ccc(N)cc1C#N. The molecule has 0 bridgehead atoms. The number of aliphatic hydroxyl groups is 1. The van der Waals surface area contributed by atoms with Crippen molar-refractivity contribution < 1.29 is 5.11 Å². The summed E-state index contributed by atoms with van der Waals surface area (Å²) in [5, 5.41) is 22.1. The minimum Gasteiger partial charge on any atom is -0.399 e. The molecule has 98 valence electrons. The van der Waals surface area contributed by atoms with E-state index < -0.39 is 6.10 Å². The molecule has 1 aromatic rings.